The van der Waals surface area contributed by atoms with Gasteiger partial charge in [0.1, 0.15) is 0 Å². The van der Waals surface area contributed by atoms with Gasteiger partial charge in [0.25, 0.3) is 0 Å². The van der Waals surface area contributed by atoms with Crippen LogP contribution in [0.15, 0.2) is 42.5 Å². The zero-order chi connectivity index (χ0) is 13.9. The summed E-state index contributed by atoms with van der Waals surface area (Å²) in [6.45, 7) is 2.55. The summed E-state index contributed by atoms with van der Waals surface area (Å²) in [5.41, 5.74) is 2.82. The first kappa shape index (κ1) is 12.5. The predicted octanol–water partition coefficient (Wildman–Crippen LogP) is 3.23. The smallest absolute Gasteiger partial charge is 0.231 e. The highest BCUT2D eigenvalue weighted by atomic mass is 16.7. The Morgan fingerprint density at radius 3 is 2.60 bits per heavy atom. The Labute approximate surface area is 117 Å². The molecule has 0 saturated carbocycles. The van der Waals surface area contributed by atoms with E-state index in [-0.39, 0.29) is 5.78 Å². The minimum absolute atomic E-state index is 0.0762. The molecule has 0 aliphatic carbocycles. The van der Waals surface area contributed by atoms with E-state index in [1.165, 1.54) is 0 Å². The summed E-state index contributed by atoms with van der Waals surface area (Å²) in [6, 6.07) is 13.4. The van der Waals surface area contributed by atoms with E-state index < -0.39 is 0 Å². The molecule has 1 aliphatic heterocycles. The van der Waals surface area contributed by atoms with Crippen LogP contribution in [0.25, 0.3) is 0 Å². The van der Waals surface area contributed by atoms with E-state index in [4.69, 9.17) is 9.47 Å². The molecule has 20 heavy (non-hydrogen) atoms. The number of nitrogens with one attached hydrogen (secondary N) is 1. The van der Waals surface area contributed by atoms with Crippen LogP contribution < -0.4 is 14.8 Å². The van der Waals surface area contributed by atoms with Gasteiger partial charge in [0, 0.05) is 17.8 Å². The first-order valence-electron chi connectivity index (χ1n) is 6.46. The van der Waals surface area contributed by atoms with Crippen LogP contribution in [0, 0.1) is 0 Å². The third-order valence-electron chi connectivity index (χ3n) is 3.23. The van der Waals surface area contributed by atoms with Crippen molar-refractivity contribution >= 4 is 11.5 Å². The number of anilines is 1. The summed E-state index contributed by atoms with van der Waals surface area (Å²) in [7, 11) is 0. The van der Waals surface area contributed by atoms with Crippen molar-refractivity contribution in [2.45, 2.75) is 13.5 Å². The first-order chi connectivity index (χ1) is 9.72. The fourth-order valence-electron chi connectivity index (χ4n) is 2.08. The van der Waals surface area contributed by atoms with Gasteiger partial charge in [-0.1, -0.05) is 6.07 Å². The molecular weight excluding hydrogens is 254 g/mol. The summed E-state index contributed by atoms with van der Waals surface area (Å²) in [5, 5.41) is 3.31. The summed E-state index contributed by atoms with van der Waals surface area (Å²) < 4.78 is 10.6. The average molecular weight is 269 g/mol. The average Bonchev–Trinajstić information content (AvgIpc) is 2.93. The zero-order valence-corrected chi connectivity index (χ0v) is 11.2. The van der Waals surface area contributed by atoms with Crippen molar-refractivity contribution in [3.63, 3.8) is 0 Å². The zero-order valence-electron chi connectivity index (χ0n) is 11.2. The second kappa shape index (κ2) is 5.25. The first-order valence-corrected chi connectivity index (χ1v) is 6.46. The second-order valence-electron chi connectivity index (χ2n) is 4.67. The molecule has 0 spiro atoms. The Hall–Kier alpha value is -2.49. The number of hydrogen-bond donors (Lipinski definition) is 1. The van der Waals surface area contributed by atoms with Gasteiger partial charge in [-0.05, 0) is 48.9 Å². The van der Waals surface area contributed by atoms with Crippen LogP contribution in [-0.4, -0.2) is 12.6 Å². The predicted molar refractivity (Wildman–Crippen MR) is 76.3 cm³/mol. The number of benzene rings is 2. The molecule has 0 aromatic heterocycles. The lowest BCUT2D eigenvalue weighted by Gasteiger charge is -2.07. The molecule has 2 aromatic carbocycles. The van der Waals surface area contributed by atoms with Gasteiger partial charge in [-0.15, -0.1) is 0 Å². The normalized spacial score (nSPS) is 12.2. The number of hydrogen-bond acceptors (Lipinski definition) is 4. The SMILES string of the molecule is CC(=O)c1ccc(NCc2ccc3c(c2)OCO3)cc1. The topological polar surface area (TPSA) is 47.6 Å². The molecule has 0 amide bonds. The van der Waals surface area contributed by atoms with Crippen LogP contribution in [0.5, 0.6) is 11.5 Å². The third-order valence-corrected chi connectivity index (χ3v) is 3.23. The Bertz CT molecular complexity index is 635. The molecule has 1 N–H and O–H groups in total. The molecule has 0 unspecified atom stereocenters. The number of rotatable bonds is 4. The van der Waals surface area contributed by atoms with E-state index in [0.29, 0.717) is 13.3 Å². The quantitative estimate of drug-likeness (QED) is 0.866. The number of fused-ring (bicyclic) bond motifs is 1. The van der Waals surface area contributed by atoms with E-state index in [2.05, 4.69) is 5.32 Å². The van der Waals surface area contributed by atoms with Gasteiger partial charge in [-0.3, -0.25) is 4.79 Å². The highest BCUT2D eigenvalue weighted by Crippen LogP contribution is 2.32. The number of Topliss-reactive ketones (excluding diaryl/α,β-unsaturated/α-hetero) is 1. The Morgan fingerprint density at radius 2 is 1.85 bits per heavy atom. The van der Waals surface area contributed by atoms with E-state index in [9.17, 15) is 4.79 Å². The van der Waals surface area contributed by atoms with Gasteiger partial charge in [0.15, 0.2) is 17.3 Å². The largest absolute Gasteiger partial charge is 0.454 e. The lowest BCUT2D eigenvalue weighted by Crippen LogP contribution is -2.00. The van der Waals surface area contributed by atoms with Crippen molar-refractivity contribution in [3.05, 3.63) is 53.6 Å². The summed E-state index contributed by atoms with van der Waals surface area (Å²) in [6.07, 6.45) is 0. The Morgan fingerprint density at radius 1 is 1.10 bits per heavy atom. The van der Waals surface area contributed by atoms with Crippen LogP contribution in [0.4, 0.5) is 5.69 Å². The lowest BCUT2D eigenvalue weighted by atomic mass is 10.1. The van der Waals surface area contributed by atoms with Crippen molar-refractivity contribution in [2.24, 2.45) is 0 Å². The highest BCUT2D eigenvalue weighted by molar-refractivity contribution is 5.94. The molecule has 0 bridgehead atoms. The van der Waals surface area contributed by atoms with Crippen LogP contribution >= 0.6 is 0 Å². The molecule has 0 saturated heterocycles. The van der Waals surface area contributed by atoms with Gasteiger partial charge < -0.3 is 14.8 Å². The minimum atomic E-state index is 0.0762. The number of carbonyl (C=O) groups excluding carboxylic acids is 1. The van der Waals surface area contributed by atoms with Gasteiger partial charge in [-0.2, -0.15) is 0 Å². The maximum absolute atomic E-state index is 11.2. The van der Waals surface area contributed by atoms with Gasteiger partial charge in [-0.25, -0.2) is 0 Å². The van der Waals surface area contributed by atoms with Crippen molar-refractivity contribution in [3.8, 4) is 11.5 Å². The standard InChI is InChI=1S/C16H15NO3/c1-11(18)13-3-5-14(6-4-13)17-9-12-2-7-15-16(8-12)20-10-19-15/h2-8,17H,9-10H2,1H3. The van der Waals surface area contributed by atoms with E-state index in [1.54, 1.807) is 6.92 Å². The van der Waals surface area contributed by atoms with Crippen molar-refractivity contribution < 1.29 is 14.3 Å². The molecule has 1 heterocycles. The molecule has 3 rings (SSSR count). The number of carbonyl (C=O) groups is 1. The molecule has 4 heteroatoms. The second-order valence-corrected chi connectivity index (χ2v) is 4.67. The maximum Gasteiger partial charge on any atom is 0.231 e. The summed E-state index contributed by atoms with van der Waals surface area (Å²) >= 11 is 0. The summed E-state index contributed by atoms with van der Waals surface area (Å²) in [5.74, 6) is 1.66. The minimum Gasteiger partial charge on any atom is -0.454 e. The van der Waals surface area contributed by atoms with Crippen molar-refractivity contribution in [2.75, 3.05) is 12.1 Å². The molecule has 0 fully saturated rings. The molecule has 102 valence electrons. The maximum atomic E-state index is 11.2. The van der Waals surface area contributed by atoms with E-state index in [1.807, 2.05) is 42.5 Å². The van der Waals surface area contributed by atoms with Gasteiger partial charge in [0.05, 0.1) is 0 Å². The number of ketones is 1. The van der Waals surface area contributed by atoms with E-state index in [0.717, 1.165) is 28.3 Å². The van der Waals surface area contributed by atoms with Crippen LogP contribution in [0.2, 0.25) is 0 Å². The van der Waals surface area contributed by atoms with Gasteiger partial charge in [0.2, 0.25) is 6.79 Å². The third kappa shape index (κ3) is 2.59. The fourth-order valence-corrected chi connectivity index (χ4v) is 2.08. The number of ether oxygens (including phenoxy) is 2. The molecule has 2 aromatic rings. The Balaban J connectivity index is 1.65. The fraction of sp³-hybridized carbons (Fsp3) is 0.188. The monoisotopic (exact) mass is 269 g/mol. The summed E-state index contributed by atoms with van der Waals surface area (Å²) in [4.78, 5) is 11.2. The Kier molecular flexibility index (Phi) is 3.29. The highest BCUT2D eigenvalue weighted by Gasteiger charge is 2.12. The molecule has 1 aliphatic rings. The lowest BCUT2D eigenvalue weighted by molar-refractivity contribution is 0.101. The molecule has 0 radical (unpaired) electrons. The van der Waals surface area contributed by atoms with Crippen LogP contribution in [0.1, 0.15) is 22.8 Å². The molecule has 0 atom stereocenters. The molecule has 4 nitrogen and oxygen atoms in total. The molecular formula is C16H15NO3. The van der Waals surface area contributed by atoms with E-state index >= 15 is 0 Å². The van der Waals surface area contributed by atoms with Crippen LogP contribution in [0.3, 0.4) is 0 Å². The van der Waals surface area contributed by atoms with Gasteiger partial charge >= 0.3 is 0 Å². The van der Waals surface area contributed by atoms with Crippen molar-refractivity contribution in [1.82, 2.24) is 0 Å². The van der Waals surface area contributed by atoms with Crippen molar-refractivity contribution in [1.29, 1.82) is 0 Å². The van der Waals surface area contributed by atoms with Crippen LogP contribution in [-0.2, 0) is 6.54 Å².